The second-order valence-corrected chi connectivity index (χ2v) is 7.14. The predicted molar refractivity (Wildman–Crippen MR) is 97.1 cm³/mol. The minimum Gasteiger partial charge on any atom is -0.317 e. The molecule has 3 heterocycles. The average molecular weight is 339 g/mol. The van der Waals surface area contributed by atoms with E-state index in [-0.39, 0.29) is 5.91 Å². The van der Waals surface area contributed by atoms with Crippen LogP contribution in [0.15, 0.2) is 18.2 Å². The number of benzene rings is 1. The van der Waals surface area contributed by atoms with E-state index in [1.54, 1.807) is 0 Å². The van der Waals surface area contributed by atoms with Gasteiger partial charge in [0.2, 0.25) is 0 Å². The van der Waals surface area contributed by atoms with Crippen molar-refractivity contribution >= 4 is 11.6 Å². The Bertz CT molecular complexity index is 791. The molecule has 0 aliphatic carbocycles. The molecule has 0 saturated carbocycles. The number of nitrogens with one attached hydrogen (secondary N) is 1. The number of anilines is 1. The lowest BCUT2D eigenvalue weighted by Gasteiger charge is -2.29. The van der Waals surface area contributed by atoms with Gasteiger partial charge in [0.25, 0.3) is 5.91 Å². The van der Waals surface area contributed by atoms with E-state index in [1.165, 1.54) is 11.1 Å². The summed E-state index contributed by atoms with van der Waals surface area (Å²) in [5.74, 6) is -0.0239. The Labute approximate surface area is 148 Å². The van der Waals surface area contributed by atoms with Crippen molar-refractivity contribution in [1.29, 1.82) is 0 Å². The number of piperidine rings is 1. The van der Waals surface area contributed by atoms with Crippen LogP contribution in [0.4, 0.5) is 5.69 Å². The van der Waals surface area contributed by atoms with Crippen molar-refractivity contribution in [3.8, 4) is 0 Å². The molecule has 6 nitrogen and oxygen atoms in total. The fraction of sp³-hybridized carbons (Fsp3) is 0.526. The molecule has 1 N–H and O–H groups in total. The van der Waals surface area contributed by atoms with Crippen LogP contribution in [0.2, 0.25) is 0 Å². The quantitative estimate of drug-likeness (QED) is 0.913. The van der Waals surface area contributed by atoms with E-state index in [0.29, 0.717) is 11.7 Å². The number of aryl methyl sites for hydroxylation is 2. The molecule has 0 bridgehead atoms. The third-order valence-corrected chi connectivity index (χ3v) is 5.39. The van der Waals surface area contributed by atoms with E-state index in [2.05, 4.69) is 40.8 Å². The van der Waals surface area contributed by atoms with Gasteiger partial charge in [0.15, 0.2) is 5.69 Å². The molecule has 6 heteroatoms. The lowest BCUT2D eigenvalue weighted by atomic mass is 9.99. The summed E-state index contributed by atoms with van der Waals surface area (Å²) < 4.78 is 1.95. The zero-order valence-electron chi connectivity index (χ0n) is 15.0. The highest BCUT2D eigenvalue weighted by molar-refractivity contribution is 6.06. The molecule has 25 heavy (non-hydrogen) atoms. The van der Waals surface area contributed by atoms with Crippen LogP contribution in [0.25, 0.3) is 0 Å². The molecule has 0 radical (unpaired) electrons. The van der Waals surface area contributed by atoms with Crippen molar-refractivity contribution < 1.29 is 4.79 Å². The Morgan fingerprint density at radius 2 is 2.04 bits per heavy atom. The first-order valence-electron chi connectivity index (χ1n) is 9.19. The van der Waals surface area contributed by atoms with Crippen molar-refractivity contribution in [3.63, 3.8) is 0 Å². The van der Waals surface area contributed by atoms with Crippen LogP contribution in [-0.4, -0.2) is 40.5 Å². The van der Waals surface area contributed by atoms with Gasteiger partial charge in [-0.15, -0.1) is 5.10 Å². The Morgan fingerprint density at radius 3 is 2.84 bits per heavy atom. The standard InChI is InChI=1S/C19H25N5O/c1-13-5-6-15-4-3-11-23(17(15)12-13)19(25)18-14(2)24(22-21-18)16-7-9-20-10-8-16/h5-6,12,16,20H,3-4,7-11H2,1-2H3. The van der Waals surface area contributed by atoms with E-state index >= 15 is 0 Å². The molecule has 2 aliphatic heterocycles. The summed E-state index contributed by atoms with van der Waals surface area (Å²) >= 11 is 0. The first kappa shape index (κ1) is 16.3. The summed E-state index contributed by atoms with van der Waals surface area (Å²) in [6.07, 6.45) is 4.08. The van der Waals surface area contributed by atoms with Gasteiger partial charge in [-0.25, -0.2) is 4.68 Å². The van der Waals surface area contributed by atoms with Gasteiger partial charge < -0.3 is 10.2 Å². The van der Waals surface area contributed by atoms with Crippen molar-refractivity contribution in [2.45, 2.75) is 45.6 Å². The average Bonchev–Trinajstić information content (AvgIpc) is 3.03. The van der Waals surface area contributed by atoms with Gasteiger partial charge >= 0.3 is 0 Å². The van der Waals surface area contributed by atoms with E-state index in [4.69, 9.17) is 0 Å². The Hall–Kier alpha value is -2.21. The van der Waals surface area contributed by atoms with Crippen LogP contribution in [0.3, 0.4) is 0 Å². The van der Waals surface area contributed by atoms with E-state index in [0.717, 1.165) is 56.7 Å². The predicted octanol–water partition coefficient (Wildman–Crippen LogP) is 2.41. The number of hydrogen-bond donors (Lipinski definition) is 1. The molecular weight excluding hydrogens is 314 g/mol. The van der Waals surface area contributed by atoms with Crippen LogP contribution in [-0.2, 0) is 6.42 Å². The summed E-state index contributed by atoms with van der Waals surface area (Å²) in [5, 5.41) is 11.9. The molecule has 2 aliphatic rings. The van der Waals surface area contributed by atoms with Gasteiger partial charge in [0, 0.05) is 12.2 Å². The van der Waals surface area contributed by atoms with Gasteiger partial charge in [-0.2, -0.15) is 0 Å². The van der Waals surface area contributed by atoms with E-state index in [9.17, 15) is 4.79 Å². The van der Waals surface area contributed by atoms with E-state index < -0.39 is 0 Å². The summed E-state index contributed by atoms with van der Waals surface area (Å²) in [5.41, 5.74) is 4.83. The van der Waals surface area contributed by atoms with Crippen LogP contribution < -0.4 is 10.2 Å². The van der Waals surface area contributed by atoms with Gasteiger partial charge in [0.05, 0.1) is 11.7 Å². The highest BCUT2D eigenvalue weighted by atomic mass is 16.2. The first-order chi connectivity index (χ1) is 12.1. The highest BCUT2D eigenvalue weighted by Gasteiger charge is 2.29. The summed E-state index contributed by atoms with van der Waals surface area (Å²) in [4.78, 5) is 15.1. The maximum absolute atomic E-state index is 13.2. The number of carbonyl (C=O) groups is 1. The molecule has 132 valence electrons. The van der Waals surface area contributed by atoms with Gasteiger partial charge in [-0.05, 0) is 69.8 Å². The van der Waals surface area contributed by atoms with Crippen LogP contribution in [0.5, 0.6) is 0 Å². The molecule has 1 amide bonds. The second kappa shape index (κ2) is 6.59. The molecule has 4 rings (SSSR count). The summed E-state index contributed by atoms with van der Waals surface area (Å²) in [7, 11) is 0. The normalized spacial score (nSPS) is 18.2. The Morgan fingerprint density at radius 1 is 1.24 bits per heavy atom. The SMILES string of the molecule is Cc1ccc2c(c1)N(C(=O)c1nnn(C3CCNCC3)c1C)CCC2. The molecule has 1 aromatic carbocycles. The summed E-state index contributed by atoms with van der Waals surface area (Å²) in [6, 6.07) is 6.71. The van der Waals surface area contributed by atoms with Gasteiger partial charge in [-0.1, -0.05) is 17.3 Å². The zero-order valence-corrected chi connectivity index (χ0v) is 15.0. The van der Waals surface area contributed by atoms with Crippen LogP contribution in [0.1, 0.15) is 52.6 Å². The number of carbonyl (C=O) groups excluding carboxylic acids is 1. The maximum Gasteiger partial charge on any atom is 0.280 e. The third-order valence-electron chi connectivity index (χ3n) is 5.39. The zero-order chi connectivity index (χ0) is 17.4. The number of nitrogens with zero attached hydrogens (tertiary/aromatic N) is 4. The fourth-order valence-corrected chi connectivity index (χ4v) is 3.96. The maximum atomic E-state index is 13.2. The highest BCUT2D eigenvalue weighted by Crippen LogP contribution is 2.30. The van der Waals surface area contributed by atoms with Crippen molar-refractivity contribution in [2.24, 2.45) is 0 Å². The first-order valence-corrected chi connectivity index (χ1v) is 9.19. The van der Waals surface area contributed by atoms with E-state index in [1.807, 2.05) is 16.5 Å². The Balaban J connectivity index is 1.64. The lowest BCUT2D eigenvalue weighted by Crippen LogP contribution is -2.36. The topological polar surface area (TPSA) is 63.1 Å². The second-order valence-electron chi connectivity index (χ2n) is 7.14. The van der Waals surface area contributed by atoms with Gasteiger partial charge in [-0.3, -0.25) is 4.79 Å². The number of amides is 1. The van der Waals surface area contributed by atoms with Crippen molar-refractivity contribution in [1.82, 2.24) is 20.3 Å². The van der Waals surface area contributed by atoms with Crippen LogP contribution >= 0.6 is 0 Å². The smallest absolute Gasteiger partial charge is 0.280 e. The largest absolute Gasteiger partial charge is 0.317 e. The molecule has 0 atom stereocenters. The Kier molecular flexibility index (Phi) is 4.29. The van der Waals surface area contributed by atoms with Crippen LogP contribution in [0, 0.1) is 13.8 Å². The monoisotopic (exact) mass is 339 g/mol. The van der Waals surface area contributed by atoms with Crippen molar-refractivity contribution in [3.05, 3.63) is 40.7 Å². The molecule has 0 unspecified atom stereocenters. The number of hydrogen-bond acceptors (Lipinski definition) is 4. The number of aromatic nitrogens is 3. The summed E-state index contributed by atoms with van der Waals surface area (Å²) in [6.45, 7) is 6.76. The lowest BCUT2D eigenvalue weighted by molar-refractivity contribution is 0.0979. The molecule has 2 aromatic rings. The molecule has 1 fully saturated rings. The third kappa shape index (κ3) is 2.95. The van der Waals surface area contributed by atoms with Gasteiger partial charge in [0.1, 0.15) is 0 Å². The minimum atomic E-state index is -0.0239. The molecular formula is C19H25N5O. The number of rotatable bonds is 2. The minimum absolute atomic E-state index is 0.0239. The molecule has 0 spiro atoms. The fourth-order valence-electron chi connectivity index (χ4n) is 3.96. The number of fused-ring (bicyclic) bond motifs is 1. The molecule has 1 saturated heterocycles. The molecule has 1 aromatic heterocycles. The van der Waals surface area contributed by atoms with Crippen molar-refractivity contribution in [2.75, 3.05) is 24.5 Å².